The topological polar surface area (TPSA) is 69.6 Å². The van der Waals surface area contributed by atoms with E-state index >= 15 is 0 Å². The molecule has 0 bridgehead atoms. The highest BCUT2D eigenvalue weighted by Crippen LogP contribution is 2.21. The van der Waals surface area contributed by atoms with E-state index in [0.717, 1.165) is 51.4 Å². The van der Waals surface area contributed by atoms with Crippen molar-refractivity contribution in [3.63, 3.8) is 0 Å². The van der Waals surface area contributed by atoms with Gasteiger partial charge in [0.1, 0.15) is 0 Å². The molecule has 136 valence electrons. The van der Waals surface area contributed by atoms with Crippen LogP contribution in [0.5, 0.6) is 0 Å². The van der Waals surface area contributed by atoms with Crippen LogP contribution < -0.4 is 4.90 Å². The molecule has 0 spiro atoms. The highest BCUT2D eigenvalue weighted by Gasteiger charge is 2.31. The van der Waals surface area contributed by atoms with Crippen molar-refractivity contribution in [3.05, 3.63) is 18.5 Å². The van der Waals surface area contributed by atoms with E-state index in [2.05, 4.69) is 14.9 Å². The number of hydrogen-bond acceptors (Lipinski definition) is 5. The number of rotatable bonds is 3. The van der Waals surface area contributed by atoms with Crippen LogP contribution >= 0.6 is 0 Å². The molecule has 0 radical (unpaired) electrons. The zero-order chi connectivity index (χ0) is 17.6. The van der Waals surface area contributed by atoms with Gasteiger partial charge >= 0.3 is 0 Å². The van der Waals surface area contributed by atoms with Gasteiger partial charge in [-0.1, -0.05) is 6.92 Å². The van der Waals surface area contributed by atoms with Crippen molar-refractivity contribution < 1.29 is 9.59 Å². The molecule has 2 aliphatic heterocycles. The van der Waals surface area contributed by atoms with Gasteiger partial charge in [0.2, 0.25) is 17.8 Å². The second kappa shape index (κ2) is 8.27. The molecule has 3 rings (SSSR count). The SMILES string of the molecule is CCC(=O)N1CCC[C@H](C(=O)N2CCCN(c3ncccn3)CC2)C1. The van der Waals surface area contributed by atoms with Crippen LogP contribution in [0.2, 0.25) is 0 Å². The first-order chi connectivity index (χ1) is 12.2. The van der Waals surface area contributed by atoms with E-state index < -0.39 is 0 Å². The molecule has 0 N–H and O–H groups in total. The second-order valence-electron chi connectivity index (χ2n) is 6.75. The van der Waals surface area contributed by atoms with E-state index in [1.807, 2.05) is 22.8 Å². The summed E-state index contributed by atoms with van der Waals surface area (Å²) in [4.78, 5) is 39.5. The Morgan fingerprint density at radius 1 is 1.04 bits per heavy atom. The van der Waals surface area contributed by atoms with Crippen molar-refractivity contribution in [3.8, 4) is 0 Å². The molecule has 1 aromatic heterocycles. The summed E-state index contributed by atoms with van der Waals surface area (Å²) < 4.78 is 0. The quantitative estimate of drug-likeness (QED) is 0.822. The van der Waals surface area contributed by atoms with Crippen LogP contribution in [0.4, 0.5) is 5.95 Å². The number of likely N-dealkylation sites (tertiary alicyclic amines) is 1. The predicted octanol–water partition coefficient (Wildman–Crippen LogP) is 1.16. The summed E-state index contributed by atoms with van der Waals surface area (Å²) in [5.74, 6) is 1.03. The summed E-state index contributed by atoms with van der Waals surface area (Å²) in [6, 6.07) is 1.81. The van der Waals surface area contributed by atoms with Crippen molar-refractivity contribution in [1.82, 2.24) is 19.8 Å². The Kier molecular flexibility index (Phi) is 5.83. The van der Waals surface area contributed by atoms with Gasteiger partial charge in [0.25, 0.3) is 0 Å². The molecule has 0 aliphatic carbocycles. The van der Waals surface area contributed by atoms with E-state index in [-0.39, 0.29) is 17.7 Å². The first kappa shape index (κ1) is 17.6. The van der Waals surface area contributed by atoms with Gasteiger partial charge in [-0.3, -0.25) is 9.59 Å². The number of amides is 2. The number of carbonyl (C=O) groups excluding carboxylic acids is 2. The summed E-state index contributed by atoms with van der Waals surface area (Å²) >= 11 is 0. The van der Waals surface area contributed by atoms with Crippen LogP contribution in [0.1, 0.15) is 32.6 Å². The van der Waals surface area contributed by atoms with Crippen LogP contribution in [0, 0.1) is 5.92 Å². The molecule has 7 heteroatoms. The first-order valence-electron chi connectivity index (χ1n) is 9.27. The van der Waals surface area contributed by atoms with Crippen molar-refractivity contribution in [1.29, 1.82) is 0 Å². The summed E-state index contributed by atoms with van der Waals surface area (Å²) in [6.45, 7) is 6.31. The van der Waals surface area contributed by atoms with Crippen molar-refractivity contribution in [2.45, 2.75) is 32.6 Å². The fraction of sp³-hybridized carbons (Fsp3) is 0.667. The number of piperidine rings is 1. The molecule has 2 amide bonds. The van der Waals surface area contributed by atoms with Gasteiger partial charge in [0, 0.05) is 58.1 Å². The lowest BCUT2D eigenvalue weighted by atomic mass is 9.96. The molecule has 0 aromatic carbocycles. The third kappa shape index (κ3) is 4.27. The Morgan fingerprint density at radius 2 is 1.80 bits per heavy atom. The summed E-state index contributed by atoms with van der Waals surface area (Å²) in [5, 5.41) is 0. The number of nitrogens with zero attached hydrogens (tertiary/aromatic N) is 5. The van der Waals surface area contributed by atoms with Gasteiger partial charge in [-0.15, -0.1) is 0 Å². The standard InChI is InChI=1S/C18H27N5O2/c1-2-16(24)23-9-3-6-15(14-23)17(25)21-10-5-11-22(13-12-21)18-19-7-4-8-20-18/h4,7-8,15H,2-3,5-6,9-14H2,1H3/t15-/m0/s1. The Morgan fingerprint density at radius 3 is 2.56 bits per heavy atom. The van der Waals surface area contributed by atoms with Crippen LogP contribution in [0.25, 0.3) is 0 Å². The van der Waals surface area contributed by atoms with Gasteiger partial charge in [0.05, 0.1) is 5.92 Å². The Balaban J connectivity index is 1.58. The monoisotopic (exact) mass is 345 g/mol. The molecule has 3 heterocycles. The van der Waals surface area contributed by atoms with Crippen LogP contribution in [0.3, 0.4) is 0 Å². The molecule has 7 nitrogen and oxygen atoms in total. The second-order valence-corrected chi connectivity index (χ2v) is 6.75. The maximum Gasteiger partial charge on any atom is 0.227 e. The van der Waals surface area contributed by atoms with Crippen LogP contribution in [-0.4, -0.2) is 70.9 Å². The maximum atomic E-state index is 12.9. The Bertz CT molecular complexity index is 594. The number of anilines is 1. The lowest BCUT2D eigenvalue weighted by Crippen LogP contribution is -2.47. The van der Waals surface area contributed by atoms with Crippen molar-refractivity contribution in [2.24, 2.45) is 5.92 Å². The molecule has 1 aromatic rings. The lowest BCUT2D eigenvalue weighted by Gasteiger charge is -2.34. The van der Waals surface area contributed by atoms with E-state index in [9.17, 15) is 9.59 Å². The Labute approximate surface area is 149 Å². The lowest BCUT2D eigenvalue weighted by molar-refractivity contribution is -0.140. The summed E-state index contributed by atoms with van der Waals surface area (Å²) in [6.07, 6.45) is 6.72. The van der Waals surface area contributed by atoms with Crippen LogP contribution in [-0.2, 0) is 9.59 Å². The van der Waals surface area contributed by atoms with Gasteiger partial charge in [-0.2, -0.15) is 0 Å². The molecule has 0 unspecified atom stereocenters. The molecule has 0 saturated carbocycles. The summed E-state index contributed by atoms with van der Waals surface area (Å²) in [5.41, 5.74) is 0. The van der Waals surface area contributed by atoms with Gasteiger partial charge < -0.3 is 14.7 Å². The maximum absolute atomic E-state index is 12.9. The molecular formula is C18H27N5O2. The average Bonchev–Trinajstić information content (AvgIpc) is 2.94. The minimum absolute atomic E-state index is 0.0521. The molecule has 2 fully saturated rings. The van der Waals surface area contributed by atoms with E-state index in [1.165, 1.54) is 0 Å². The van der Waals surface area contributed by atoms with Crippen molar-refractivity contribution >= 4 is 17.8 Å². The van der Waals surface area contributed by atoms with E-state index in [1.54, 1.807) is 12.4 Å². The number of carbonyl (C=O) groups is 2. The fourth-order valence-corrected chi connectivity index (χ4v) is 3.68. The van der Waals surface area contributed by atoms with Crippen molar-refractivity contribution in [2.75, 3.05) is 44.2 Å². The summed E-state index contributed by atoms with van der Waals surface area (Å²) in [7, 11) is 0. The zero-order valence-corrected chi connectivity index (χ0v) is 14.9. The first-order valence-corrected chi connectivity index (χ1v) is 9.27. The molecule has 1 atom stereocenters. The van der Waals surface area contributed by atoms with Crippen LogP contribution in [0.15, 0.2) is 18.5 Å². The third-order valence-corrected chi connectivity index (χ3v) is 5.07. The van der Waals surface area contributed by atoms with E-state index in [4.69, 9.17) is 0 Å². The molecule has 25 heavy (non-hydrogen) atoms. The minimum Gasteiger partial charge on any atom is -0.342 e. The van der Waals surface area contributed by atoms with Gasteiger partial charge in [-0.25, -0.2) is 9.97 Å². The molecule has 2 saturated heterocycles. The normalized spacial score (nSPS) is 21.8. The molecule has 2 aliphatic rings. The minimum atomic E-state index is -0.0521. The Hall–Kier alpha value is -2.18. The third-order valence-electron chi connectivity index (χ3n) is 5.07. The van der Waals surface area contributed by atoms with E-state index in [0.29, 0.717) is 19.5 Å². The van der Waals surface area contributed by atoms with Gasteiger partial charge in [0.15, 0.2) is 0 Å². The zero-order valence-electron chi connectivity index (χ0n) is 14.9. The fourth-order valence-electron chi connectivity index (χ4n) is 3.68. The largest absolute Gasteiger partial charge is 0.342 e. The smallest absolute Gasteiger partial charge is 0.227 e. The molecular weight excluding hydrogens is 318 g/mol. The average molecular weight is 345 g/mol. The predicted molar refractivity (Wildman–Crippen MR) is 95.0 cm³/mol. The number of hydrogen-bond donors (Lipinski definition) is 0. The van der Waals surface area contributed by atoms with Gasteiger partial charge in [-0.05, 0) is 25.3 Å². The highest BCUT2D eigenvalue weighted by molar-refractivity contribution is 5.81. The highest BCUT2D eigenvalue weighted by atomic mass is 16.2. The number of aromatic nitrogens is 2.